The molecule has 4 aliphatic rings. The van der Waals surface area contributed by atoms with Crippen molar-refractivity contribution in [2.75, 3.05) is 5.32 Å². The average Bonchev–Trinajstić information content (AvgIpc) is 3.24. The van der Waals surface area contributed by atoms with Crippen molar-refractivity contribution in [3.05, 3.63) is 50.0 Å². The van der Waals surface area contributed by atoms with E-state index < -0.39 is 0 Å². The van der Waals surface area contributed by atoms with E-state index in [1.54, 1.807) is 24.3 Å². The van der Waals surface area contributed by atoms with Gasteiger partial charge >= 0.3 is 0 Å². The van der Waals surface area contributed by atoms with Gasteiger partial charge in [-0.2, -0.15) is 0 Å². The number of rotatable bonds is 5. The maximum Gasteiger partial charge on any atom is 0.273 e. The lowest BCUT2D eigenvalue weighted by Crippen LogP contribution is -2.48. The summed E-state index contributed by atoms with van der Waals surface area (Å²) in [5, 5.41) is 16.4. The van der Waals surface area contributed by atoms with E-state index in [9.17, 15) is 14.4 Å². The highest BCUT2D eigenvalue weighted by molar-refractivity contribution is 7.15. The molecular formula is C23H25N5O3S. The fourth-order valence-electron chi connectivity index (χ4n) is 6.66. The number of hydrogen-bond donors (Lipinski definition) is 2. The minimum atomic E-state index is -0.343. The molecule has 0 unspecified atom stereocenters. The smallest absolute Gasteiger partial charge is 0.273 e. The normalized spacial score (nSPS) is 28.3. The minimum Gasteiger partial charge on any atom is -0.300 e. The van der Waals surface area contributed by atoms with Crippen LogP contribution in [0, 0.1) is 17.8 Å². The van der Waals surface area contributed by atoms with Crippen molar-refractivity contribution in [2.45, 2.75) is 56.9 Å². The standard InChI is InChI=1S/C23H25N5O3S/c29-18(5-6-28-20(31)17-4-2-1-3-16(17)19(30)27-28)24-22-26-25-21(32-22)23-10-13-7-14(11-23)9-15(8-13)12-23/h1-4,13-15H,5-12H2,(H,27,30)(H,24,26,29). The molecule has 166 valence electrons. The first-order valence-electron chi connectivity index (χ1n) is 11.3. The predicted molar refractivity (Wildman–Crippen MR) is 122 cm³/mol. The van der Waals surface area contributed by atoms with Crippen LogP contribution >= 0.6 is 11.3 Å². The zero-order valence-corrected chi connectivity index (χ0v) is 18.5. The summed E-state index contributed by atoms with van der Waals surface area (Å²) in [6, 6.07) is 6.67. The molecular weight excluding hydrogens is 426 g/mol. The highest BCUT2D eigenvalue weighted by Crippen LogP contribution is 2.61. The first-order valence-corrected chi connectivity index (χ1v) is 12.2. The summed E-state index contributed by atoms with van der Waals surface area (Å²) in [7, 11) is 0. The van der Waals surface area contributed by atoms with Crippen LogP contribution in [0.1, 0.15) is 50.0 Å². The Morgan fingerprint density at radius 3 is 2.41 bits per heavy atom. The molecule has 0 atom stereocenters. The number of anilines is 1. The van der Waals surface area contributed by atoms with Crippen LogP contribution in [0.5, 0.6) is 0 Å². The Kier molecular flexibility index (Phi) is 4.57. The molecule has 2 heterocycles. The lowest BCUT2D eigenvalue weighted by Gasteiger charge is -2.55. The Bertz CT molecular complexity index is 1290. The Balaban J connectivity index is 1.14. The van der Waals surface area contributed by atoms with E-state index in [0.717, 1.165) is 22.8 Å². The van der Waals surface area contributed by atoms with Crippen molar-refractivity contribution in [1.29, 1.82) is 0 Å². The summed E-state index contributed by atoms with van der Waals surface area (Å²) in [4.78, 5) is 37.3. The summed E-state index contributed by atoms with van der Waals surface area (Å²) >= 11 is 1.50. The number of aromatic nitrogens is 4. The van der Waals surface area contributed by atoms with Gasteiger partial charge in [-0.15, -0.1) is 10.2 Å². The summed E-state index contributed by atoms with van der Waals surface area (Å²) in [5.74, 6) is 2.22. The Hall–Kier alpha value is -2.81. The third-order valence-corrected chi connectivity index (χ3v) is 8.69. The molecule has 3 aromatic rings. The molecule has 32 heavy (non-hydrogen) atoms. The van der Waals surface area contributed by atoms with Gasteiger partial charge in [-0.25, -0.2) is 4.68 Å². The fraction of sp³-hybridized carbons (Fsp3) is 0.522. The van der Waals surface area contributed by atoms with Crippen molar-refractivity contribution < 1.29 is 4.79 Å². The second-order valence-corrected chi connectivity index (χ2v) is 10.8. The van der Waals surface area contributed by atoms with Gasteiger partial charge in [0.05, 0.1) is 17.3 Å². The van der Waals surface area contributed by atoms with Crippen molar-refractivity contribution in [2.24, 2.45) is 17.8 Å². The van der Waals surface area contributed by atoms with Gasteiger partial charge in [0, 0.05) is 11.8 Å². The number of aromatic amines is 1. The van der Waals surface area contributed by atoms with Gasteiger partial charge < -0.3 is 5.32 Å². The van der Waals surface area contributed by atoms with Crippen molar-refractivity contribution in [3.8, 4) is 0 Å². The lowest BCUT2D eigenvalue weighted by molar-refractivity contribution is -0.116. The van der Waals surface area contributed by atoms with Crippen molar-refractivity contribution in [1.82, 2.24) is 20.0 Å². The quantitative estimate of drug-likeness (QED) is 0.620. The largest absolute Gasteiger partial charge is 0.300 e. The molecule has 0 radical (unpaired) electrons. The monoisotopic (exact) mass is 451 g/mol. The molecule has 2 aromatic heterocycles. The molecule has 4 saturated carbocycles. The van der Waals surface area contributed by atoms with Crippen LogP contribution in [0.2, 0.25) is 0 Å². The van der Waals surface area contributed by atoms with Crippen LogP contribution in [-0.2, 0) is 16.8 Å². The topological polar surface area (TPSA) is 110 Å². The molecule has 7 rings (SSSR count). The second-order valence-electron chi connectivity index (χ2n) is 9.85. The van der Waals surface area contributed by atoms with E-state index in [-0.39, 0.29) is 35.4 Å². The number of benzene rings is 1. The number of carbonyl (C=O) groups is 1. The highest BCUT2D eigenvalue weighted by Gasteiger charge is 2.53. The number of carbonyl (C=O) groups excluding carboxylic acids is 1. The van der Waals surface area contributed by atoms with E-state index in [4.69, 9.17) is 0 Å². The van der Waals surface area contributed by atoms with E-state index >= 15 is 0 Å². The summed E-state index contributed by atoms with van der Waals surface area (Å²) in [6.45, 7) is 0.0887. The molecule has 1 aromatic carbocycles. The number of hydrogen-bond acceptors (Lipinski definition) is 6. The molecule has 8 nitrogen and oxygen atoms in total. The lowest BCUT2D eigenvalue weighted by atomic mass is 9.50. The van der Waals surface area contributed by atoms with Gasteiger partial charge in [0.15, 0.2) is 0 Å². The first kappa shape index (κ1) is 19.8. The average molecular weight is 452 g/mol. The number of aryl methyl sites for hydroxylation is 1. The molecule has 2 N–H and O–H groups in total. The van der Waals surface area contributed by atoms with Crippen LogP contribution in [0.3, 0.4) is 0 Å². The van der Waals surface area contributed by atoms with Gasteiger partial charge in [-0.3, -0.25) is 19.5 Å². The summed E-state index contributed by atoms with van der Waals surface area (Å²) in [6.07, 6.45) is 7.80. The van der Waals surface area contributed by atoms with E-state index in [1.165, 1.54) is 54.5 Å². The van der Waals surface area contributed by atoms with E-state index in [1.807, 2.05) is 0 Å². The van der Waals surface area contributed by atoms with E-state index in [0.29, 0.717) is 15.9 Å². The molecule has 0 spiro atoms. The third-order valence-electron chi connectivity index (χ3n) is 7.61. The Morgan fingerprint density at radius 2 is 1.72 bits per heavy atom. The van der Waals surface area contributed by atoms with E-state index in [2.05, 4.69) is 20.6 Å². The molecule has 4 fully saturated rings. The molecule has 9 heteroatoms. The minimum absolute atomic E-state index is 0.0560. The van der Waals surface area contributed by atoms with Gasteiger partial charge in [0.2, 0.25) is 11.0 Å². The number of nitrogens with zero attached hydrogens (tertiary/aromatic N) is 3. The maximum absolute atomic E-state index is 12.6. The van der Waals surface area contributed by atoms with Gasteiger partial charge in [-0.1, -0.05) is 23.5 Å². The molecule has 4 aliphatic carbocycles. The van der Waals surface area contributed by atoms with Crippen LogP contribution in [-0.4, -0.2) is 25.9 Å². The predicted octanol–water partition coefficient (Wildman–Crippen LogP) is 3.04. The molecule has 4 bridgehead atoms. The second kappa shape index (κ2) is 7.37. The fourth-order valence-corrected chi connectivity index (χ4v) is 7.64. The van der Waals surface area contributed by atoms with Gasteiger partial charge in [0.25, 0.3) is 11.1 Å². The SMILES string of the molecule is O=C(CCn1[nH]c(=O)c2ccccc2c1=O)Nc1nnc(C23CC4CC(CC(C4)C2)C3)s1. The molecule has 0 aliphatic heterocycles. The van der Waals surface area contributed by atoms with Crippen LogP contribution in [0.15, 0.2) is 33.9 Å². The van der Waals surface area contributed by atoms with Crippen molar-refractivity contribution >= 4 is 33.1 Å². The number of H-pyrrole nitrogens is 1. The number of fused-ring (bicyclic) bond motifs is 1. The number of nitrogens with one attached hydrogen (secondary N) is 2. The Labute approximate surface area is 188 Å². The summed E-state index contributed by atoms with van der Waals surface area (Å²) in [5.41, 5.74) is -0.495. The maximum atomic E-state index is 12.6. The zero-order valence-electron chi connectivity index (χ0n) is 17.7. The molecule has 0 saturated heterocycles. The van der Waals surface area contributed by atoms with Crippen LogP contribution < -0.4 is 16.4 Å². The number of amides is 1. The third kappa shape index (κ3) is 3.30. The van der Waals surface area contributed by atoms with Gasteiger partial charge in [0.1, 0.15) is 5.01 Å². The molecule has 1 amide bonds. The first-order chi connectivity index (χ1) is 15.5. The Morgan fingerprint density at radius 1 is 1.06 bits per heavy atom. The van der Waals surface area contributed by atoms with Gasteiger partial charge in [-0.05, 0) is 68.4 Å². The van der Waals surface area contributed by atoms with Crippen molar-refractivity contribution in [3.63, 3.8) is 0 Å². The zero-order chi connectivity index (χ0) is 21.9. The summed E-state index contributed by atoms with van der Waals surface area (Å²) < 4.78 is 1.20. The highest BCUT2D eigenvalue weighted by atomic mass is 32.1. The van der Waals surface area contributed by atoms with Crippen LogP contribution in [0.25, 0.3) is 10.8 Å². The van der Waals surface area contributed by atoms with Crippen LogP contribution in [0.4, 0.5) is 5.13 Å².